The molecule has 0 atom stereocenters. The minimum Gasteiger partial charge on any atom is -0.493 e. The van der Waals surface area contributed by atoms with Crippen LogP contribution in [0.1, 0.15) is 30.9 Å². The summed E-state index contributed by atoms with van der Waals surface area (Å²) in [5.74, 6) is -0.349. The van der Waals surface area contributed by atoms with Crippen LogP contribution in [0.15, 0.2) is 24.3 Å². The number of esters is 1. The summed E-state index contributed by atoms with van der Waals surface area (Å²) in [4.78, 5) is 11.5. The van der Waals surface area contributed by atoms with E-state index in [2.05, 4.69) is 0 Å². The molecule has 1 heterocycles. The molecular formula is C15H15F3O3. The summed E-state index contributed by atoms with van der Waals surface area (Å²) >= 11 is 0. The van der Waals surface area contributed by atoms with Gasteiger partial charge in [-0.15, -0.1) is 0 Å². The third-order valence-corrected chi connectivity index (χ3v) is 3.08. The summed E-state index contributed by atoms with van der Waals surface area (Å²) < 4.78 is 48.4. The fourth-order valence-electron chi connectivity index (χ4n) is 2.14. The Hall–Kier alpha value is -1.98. The molecule has 0 N–H and O–H groups in total. The van der Waals surface area contributed by atoms with E-state index >= 15 is 0 Å². The van der Waals surface area contributed by atoms with Gasteiger partial charge in [-0.25, -0.2) is 4.79 Å². The van der Waals surface area contributed by atoms with Gasteiger partial charge < -0.3 is 9.47 Å². The van der Waals surface area contributed by atoms with Gasteiger partial charge in [0.15, 0.2) is 0 Å². The normalized spacial score (nSPS) is 16.9. The first-order valence-electron chi connectivity index (χ1n) is 6.63. The van der Waals surface area contributed by atoms with E-state index in [-0.39, 0.29) is 12.4 Å². The zero-order valence-electron chi connectivity index (χ0n) is 11.5. The highest BCUT2D eigenvalue weighted by atomic mass is 19.4. The molecule has 6 heteroatoms. The van der Waals surface area contributed by atoms with Crippen LogP contribution in [0.5, 0.6) is 5.75 Å². The van der Waals surface area contributed by atoms with Crippen molar-refractivity contribution in [3.8, 4) is 5.75 Å². The molecule has 0 saturated carbocycles. The van der Waals surface area contributed by atoms with Crippen molar-refractivity contribution in [2.75, 3.05) is 13.2 Å². The zero-order chi connectivity index (χ0) is 15.5. The summed E-state index contributed by atoms with van der Waals surface area (Å²) in [5.41, 5.74) is 0.377. The van der Waals surface area contributed by atoms with Crippen molar-refractivity contribution in [1.29, 1.82) is 0 Å². The molecule has 0 spiro atoms. The smallest absolute Gasteiger partial charge is 0.416 e. The molecule has 21 heavy (non-hydrogen) atoms. The number of ether oxygens (including phenoxy) is 2. The molecule has 1 aromatic rings. The molecule has 0 radical (unpaired) electrons. The molecule has 0 amide bonds. The van der Waals surface area contributed by atoms with E-state index in [1.807, 2.05) is 0 Å². The van der Waals surface area contributed by atoms with E-state index in [4.69, 9.17) is 9.47 Å². The topological polar surface area (TPSA) is 35.5 Å². The predicted octanol–water partition coefficient (Wildman–Crippen LogP) is 3.82. The van der Waals surface area contributed by atoms with Crippen LogP contribution in [-0.4, -0.2) is 19.2 Å². The van der Waals surface area contributed by atoms with Crippen LogP contribution in [0.25, 0.3) is 5.57 Å². The van der Waals surface area contributed by atoms with Crippen molar-refractivity contribution in [2.24, 2.45) is 0 Å². The first-order valence-corrected chi connectivity index (χ1v) is 6.63. The number of carbonyl (C=O) groups is 1. The molecule has 1 aromatic carbocycles. The third kappa shape index (κ3) is 3.77. The van der Waals surface area contributed by atoms with E-state index in [0.717, 1.165) is 12.1 Å². The lowest BCUT2D eigenvalue weighted by atomic mass is 9.99. The van der Waals surface area contributed by atoms with E-state index in [9.17, 15) is 18.0 Å². The minimum absolute atomic E-state index is 0.151. The third-order valence-electron chi connectivity index (χ3n) is 3.08. The molecule has 0 bridgehead atoms. The SMILES string of the molecule is CCOC(=O)/C=C1\CCCOc2cc(C(F)(F)F)ccc21. The quantitative estimate of drug-likeness (QED) is 0.615. The molecule has 0 aliphatic carbocycles. The number of fused-ring (bicyclic) bond motifs is 1. The van der Waals surface area contributed by atoms with Gasteiger partial charge in [0.1, 0.15) is 5.75 Å². The minimum atomic E-state index is -4.42. The van der Waals surface area contributed by atoms with Crippen LogP contribution in [0, 0.1) is 0 Å². The van der Waals surface area contributed by atoms with Gasteiger partial charge in [0.25, 0.3) is 0 Å². The fraction of sp³-hybridized carbons (Fsp3) is 0.400. The first kappa shape index (κ1) is 15.4. The summed E-state index contributed by atoms with van der Waals surface area (Å²) in [5, 5.41) is 0. The highest BCUT2D eigenvalue weighted by Crippen LogP contribution is 2.37. The summed E-state index contributed by atoms with van der Waals surface area (Å²) in [6.07, 6.45) is -1.92. The molecule has 3 nitrogen and oxygen atoms in total. The maximum absolute atomic E-state index is 12.7. The van der Waals surface area contributed by atoms with Crippen molar-refractivity contribution in [3.05, 3.63) is 35.4 Å². The molecule has 0 aromatic heterocycles. The molecule has 0 fully saturated rings. The maximum Gasteiger partial charge on any atom is 0.416 e. The van der Waals surface area contributed by atoms with Crippen molar-refractivity contribution in [3.63, 3.8) is 0 Å². The van der Waals surface area contributed by atoms with E-state index < -0.39 is 17.7 Å². The van der Waals surface area contributed by atoms with Gasteiger partial charge in [0.05, 0.1) is 18.8 Å². The van der Waals surface area contributed by atoms with E-state index in [0.29, 0.717) is 30.6 Å². The van der Waals surface area contributed by atoms with Crippen molar-refractivity contribution < 1.29 is 27.4 Å². The molecule has 2 rings (SSSR count). The predicted molar refractivity (Wildman–Crippen MR) is 70.8 cm³/mol. The van der Waals surface area contributed by atoms with Crippen LogP contribution >= 0.6 is 0 Å². The molecular weight excluding hydrogens is 285 g/mol. The Labute approximate surface area is 120 Å². The van der Waals surface area contributed by atoms with Gasteiger partial charge in [-0.2, -0.15) is 13.2 Å². The second-order valence-corrected chi connectivity index (χ2v) is 4.58. The van der Waals surface area contributed by atoms with Crippen LogP contribution < -0.4 is 4.74 Å². The average molecular weight is 300 g/mol. The largest absolute Gasteiger partial charge is 0.493 e. The highest BCUT2D eigenvalue weighted by molar-refractivity contribution is 5.92. The van der Waals surface area contributed by atoms with Gasteiger partial charge in [-0.05, 0) is 37.5 Å². The lowest BCUT2D eigenvalue weighted by molar-refractivity contribution is -0.138. The van der Waals surface area contributed by atoms with Gasteiger partial charge in [-0.3, -0.25) is 0 Å². The Kier molecular flexibility index (Phi) is 4.55. The number of halogens is 3. The Morgan fingerprint density at radius 3 is 2.86 bits per heavy atom. The Morgan fingerprint density at radius 2 is 2.19 bits per heavy atom. The number of carbonyl (C=O) groups excluding carboxylic acids is 1. The number of allylic oxidation sites excluding steroid dienone is 1. The molecule has 0 saturated heterocycles. The lowest BCUT2D eigenvalue weighted by Gasteiger charge is -2.12. The fourth-order valence-corrected chi connectivity index (χ4v) is 2.14. The van der Waals surface area contributed by atoms with Crippen molar-refractivity contribution in [1.82, 2.24) is 0 Å². The van der Waals surface area contributed by atoms with Crippen LogP contribution in [0.3, 0.4) is 0 Å². The van der Waals surface area contributed by atoms with Gasteiger partial charge in [0, 0.05) is 11.6 Å². The monoisotopic (exact) mass is 300 g/mol. The van der Waals surface area contributed by atoms with E-state index in [1.165, 1.54) is 12.1 Å². The number of rotatable bonds is 2. The van der Waals surface area contributed by atoms with Crippen molar-refractivity contribution >= 4 is 11.5 Å². The zero-order valence-corrected chi connectivity index (χ0v) is 11.5. The number of benzene rings is 1. The van der Waals surface area contributed by atoms with Crippen molar-refractivity contribution in [2.45, 2.75) is 25.9 Å². The molecule has 114 valence electrons. The Balaban J connectivity index is 2.40. The standard InChI is InChI=1S/C15H15F3O3/c1-2-20-14(19)8-10-4-3-7-21-13-9-11(15(16,17)18)5-6-12(10)13/h5-6,8-9H,2-4,7H2,1H3/b10-8+. The number of hydrogen-bond donors (Lipinski definition) is 0. The molecule has 1 aliphatic heterocycles. The van der Waals surface area contributed by atoms with Crippen LogP contribution in [-0.2, 0) is 15.7 Å². The number of alkyl halides is 3. The maximum atomic E-state index is 12.7. The summed E-state index contributed by atoms with van der Waals surface area (Å²) in [6, 6.07) is 3.31. The Bertz CT molecular complexity index is 562. The highest BCUT2D eigenvalue weighted by Gasteiger charge is 2.31. The molecule has 0 unspecified atom stereocenters. The Morgan fingerprint density at radius 1 is 1.43 bits per heavy atom. The molecule has 1 aliphatic rings. The van der Waals surface area contributed by atoms with Gasteiger partial charge in [-0.1, -0.05) is 6.07 Å². The second-order valence-electron chi connectivity index (χ2n) is 4.58. The number of hydrogen-bond acceptors (Lipinski definition) is 3. The first-order chi connectivity index (χ1) is 9.91. The second kappa shape index (κ2) is 6.20. The van der Waals surface area contributed by atoms with Crippen LogP contribution in [0.4, 0.5) is 13.2 Å². The summed E-state index contributed by atoms with van der Waals surface area (Å²) in [7, 11) is 0. The average Bonchev–Trinajstić information content (AvgIpc) is 2.60. The van der Waals surface area contributed by atoms with E-state index in [1.54, 1.807) is 6.92 Å². The lowest BCUT2D eigenvalue weighted by Crippen LogP contribution is -2.06. The summed E-state index contributed by atoms with van der Waals surface area (Å²) in [6.45, 7) is 2.25. The van der Waals surface area contributed by atoms with Gasteiger partial charge in [0.2, 0.25) is 0 Å². The van der Waals surface area contributed by atoms with Gasteiger partial charge >= 0.3 is 12.1 Å². The van der Waals surface area contributed by atoms with Crippen LogP contribution in [0.2, 0.25) is 0 Å².